The van der Waals surface area contributed by atoms with Gasteiger partial charge in [0.25, 0.3) is 11.2 Å². The van der Waals surface area contributed by atoms with Crippen LogP contribution in [0.25, 0.3) is 11.0 Å². The van der Waals surface area contributed by atoms with Crippen LogP contribution in [-0.4, -0.2) is 19.5 Å². The SMILES string of the molecule is CC(C)Cc1ccc(C(C)c2nc3s/c(=C\c4cccc([N+](=O)[O-])c4)c(=O)n3n2)cc1. The predicted octanol–water partition coefficient (Wildman–Crippen LogP) is 3.96. The molecule has 0 saturated carbocycles. The molecule has 0 fully saturated rings. The summed E-state index contributed by atoms with van der Waals surface area (Å²) in [5, 5.41) is 15.4. The fourth-order valence-electron chi connectivity index (χ4n) is 3.47. The van der Waals surface area contributed by atoms with Gasteiger partial charge >= 0.3 is 0 Å². The maximum absolute atomic E-state index is 12.8. The average Bonchev–Trinajstić information content (AvgIpc) is 3.27. The first-order chi connectivity index (χ1) is 14.8. The number of hydrogen-bond acceptors (Lipinski definition) is 6. The Kier molecular flexibility index (Phi) is 5.65. The van der Waals surface area contributed by atoms with Gasteiger partial charge in [0.05, 0.1) is 9.46 Å². The topological polar surface area (TPSA) is 90.4 Å². The van der Waals surface area contributed by atoms with E-state index in [1.54, 1.807) is 18.2 Å². The highest BCUT2D eigenvalue weighted by Gasteiger charge is 2.17. The summed E-state index contributed by atoms with van der Waals surface area (Å²) in [5.74, 6) is 1.17. The van der Waals surface area contributed by atoms with Crippen molar-refractivity contribution in [1.82, 2.24) is 14.6 Å². The van der Waals surface area contributed by atoms with E-state index < -0.39 is 4.92 Å². The highest BCUT2D eigenvalue weighted by Crippen LogP contribution is 2.23. The lowest BCUT2D eigenvalue weighted by Gasteiger charge is -2.10. The third-order valence-electron chi connectivity index (χ3n) is 5.09. The van der Waals surface area contributed by atoms with E-state index in [2.05, 4.69) is 48.2 Å². The van der Waals surface area contributed by atoms with Crippen LogP contribution in [0.15, 0.2) is 53.3 Å². The van der Waals surface area contributed by atoms with E-state index in [0.29, 0.717) is 26.8 Å². The predicted molar refractivity (Wildman–Crippen MR) is 122 cm³/mol. The van der Waals surface area contributed by atoms with Gasteiger partial charge in [-0.3, -0.25) is 14.9 Å². The summed E-state index contributed by atoms with van der Waals surface area (Å²) < 4.78 is 1.75. The molecule has 0 amide bonds. The number of fused-ring (bicyclic) bond motifs is 1. The van der Waals surface area contributed by atoms with Gasteiger partial charge in [0.1, 0.15) is 0 Å². The molecule has 1 atom stereocenters. The largest absolute Gasteiger partial charge is 0.291 e. The Labute approximate surface area is 182 Å². The first kappa shape index (κ1) is 20.9. The van der Waals surface area contributed by atoms with Crippen LogP contribution in [0.4, 0.5) is 5.69 Å². The maximum Gasteiger partial charge on any atom is 0.291 e. The third kappa shape index (κ3) is 4.39. The van der Waals surface area contributed by atoms with Crippen molar-refractivity contribution >= 4 is 28.1 Å². The zero-order valence-electron chi connectivity index (χ0n) is 17.5. The number of hydrogen-bond donors (Lipinski definition) is 0. The molecule has 2 aromatic carbocycles. The standard InChI is InChI=1S/C23H22N4O3S/c1-14(2)11-16-7-9-18(10-8-16)15(3)21-24-23-26(25-21)22(28)20(31-23)13-17-5-4-6-19(12-17)27(29)30/h4-10,12-15H,11H2,1-3H3/b20-13-. The molecule has 0 aliphatic heterocycles. The van der Waals surface area contributed by atoms with Crippen molar-refractivity contribution in [3.8, 4) is 0 Å². The molecule has 0 bridgehead atoms. The average molecular weight is 435 g/mol. The highest BCUT2D eigenvalue weighted by atomic mass is 32.1. The molecule has 8 heteroatoms. The van der Waals surface area contributed by atoms with E-state index in [9.17, 15) is 14.9 Å². The van der Waals surface area contributed by atoms with Gasteiger partial charge in [-0.1, -0.05) is 68.5 Å². The maximum atomic E-state index is 12.8. The Bertz CT molecular complexity index is 1360. The lowest BCUT2D eigenvalue weighted by atomic mass is 9.96. The van der Waals surface area contributed by atoms with Crippen LogP contribution in [0.3, 0.4) is 0 Å². The summed E-state index contributed by atoms with van der Waals surface area (Å²) in [6.07, 6.45) is 2.67. The van der Waals surface area contributed by atoms with E-state index in [1.807, 2.05) is 6.92 Å². The van der Waals surface area contributed by atoms with Crippen molar-refractivity contribution < 1.29 is 4.92 Å². The number of nitro groups is 1. The second-order valence-corrected chi connectivity index (χ2v) is 9.00. The van der Waals surface area contributed by atoms with Gasteiger partial charge in [-0.25, -0.2) is 4.98 Å². The Morgan fingerprint density at radius 2 is 1.90 bits per heavy atom. The quantitative estimate of drug-likeness (QED) is 0.338. The molecule has 0 radical (unpaired) electrons. The lowest BCUT2D eigenvalue weighted by molar-refractivity contribution is -0.384. The number of aromatic nitrogens is 3. The van der Waals surface area contributed by atoms with Crippen LogP contribution < -0.4 is 10.1 Å². The lowest BCUT2D eigenvalue weighted by Crippen LogP contribution is -2.24. The van der Waals surface area contributed by atoms with Gasteiger partial charge in [-0.2, -0.15) is 4.52 Å². The summed E-state index contributed by atoms with van der Waals surface area (Å²) in [5.41, 5.74) is 2.70. The molecule has 4 rings (SSSR count). The molecule has 1 unspecified atom stereocenters. The number of rotatable bonds is 6. The van der Waals surface area contributed by atoms with Gasteiger partial charge in [-0.05, 0) is 35.1 Å². The smallest absolute Gasteiger partial charge is 0.266 e. The third-order valence-corrected chi connectivity index (χ3v) is 6.05. The van der Waals surface area contributed by atoms with E-state index >= 15 is 0 Å². The van der Waals surface area contributed by atoms with Crippen molar-refractivity contribution in [2.45, 2.75) is 33.1 Å². The van der Waals surface area contributed by atoms with Crippen LogP contribution >= 0.6 is 11.3 Å². The number of non-ortho nitro benzene ring substituents is 1. The van der Waals surface area contributed by atoms with Gasteiger partial charge in [0.15, 0.2) is 5.82 Å². The number of nitrogens with zero attached hydrogens (tertiary/aromatic N) is 4. The monoisotopic (exact) mass is 434 g/mol. The van der Waals surface area contributed by atoms with Crippen molar-refractivity contribution in [2.75, 3.05) is 0 Å². The van der Waals surface area contributed by atoms with E-state index in [0.717, 1.165) is 12.0 Å². The van der Waals surface area contributed by atoms with Crippen LogP contribution in [0.1, 0.15) is 49.2 Å². The minimum Gasteiger partial charge on any atom is -0.266 e. The first-order valence-corrected chi connectivity index (χ1v) is 10.9. The summed E-state index contributed by atoms with van der Waals surface area (Å²) in [6, 6.07) is 14.6. The Morgan fingerprint density at radius 3 is 2.55 bits per heavy atom. The molecule has 0 aliphatic rings. The van der Waals surface area contributed by atoms with Gasteiger partial charge < -0.3 is 0 Å². The zero-order valence-corrected chi connectivity index (χ0v) is 18.3. The van der Waals surface area contributed by atoms with Crippen molar-refractivity contribution in [2.24, 2.45) is 5.92 Å². The molecular formula is C23H22N4O3S. The van der Waals surface area contributed by atoms with E-state index in [-0.39, 0.29) is 17.2 Å². The zero-order chi connectivity index (χ0) is 22.1. The van der Waals surface area contributed by atoms with E-state index in [4.69, 9.17) is 0 Å². The molecule has 0 aliphatic carbocycles. The van der Waals surface area contributed by atoms with Crippen LogP contribution in [0, 0.1) is 16.0 Å². The van der Waals surface area contributed by atoms with Crippen LogP contribution in [-0.2, 0) is 6.42 Å². The van der Waals surface area contributed by atoms with Crippen LogP contribution in [0.5, 0.6) is 0 Å². The molecular weight excluding hydrogens is 412 g/mol. The van der Waals surface area contributed by atoms with Gasteiger partial charge in [0, 0.05) is 18.1 Å². The van der Waals surface area contributed by atoms with Crippen molar-refractivity contribution in [1.29, 1.82) is 0 Å². The second-order valence-electron chi connectivity index (χ2n) is 7.99. The van der Waals surface area contributed by atoms with Gasteiger partial charge in [0.2, 0.25) is 4.96 Å². The molecule has 2 heterocycles. The fraction of sp³-hybridized carbons (Fsp3) is 0.261. The summed E-state index contributed by atoms with van der Waals surface area (Å²) in [6.45, 7) is 6.42. The van der Waals surface area contributed by atoms with Crippen molar-refractivity contribution in [3.63, 3.8) is 0 Å². The summed E-state index contributed by atoms with van der Waals surface area (Å²) in [7, 11) is 0. The van der Waals surface area contributed by atoms with Crippen molar-refractivity contribution in [3.05, 3.63) is 96.0 Å². The molecule has 2 aromatic heterocycles. The molecule has 0 N–H and O–H groups in total. The summed E-state index contributed by atoms with van der Waals surface area (Å²) >= 11 is 1.23. The Balaban J connectivity index is 1.63. The fourth-order valence-corrected chi connectivity index (χ4v) is 4.39. The summed E-state index contributed by atoms with van der Waals surface area (Å²) in [4.78, 5) is 28.4. The van der Waals surface area contributed by atoms with Gasteiger partial charge in [-0.15, -0.1) is 5.10 Å². The van der Waals surface area contributed by atoms with E-state index in [1.165, 1.54) is 33.5 Å². The molecule has 158 valence electrons. The normalized spacial score (nSPS) is 13.2. The Morgan fingerprint density at radius 1 is 1.16 bits per heavy atom. The molecule has 31 heavy (non-hydrogen) atoms. The second kappa shape index (κ2) is 8.39. The molecule has 0 spiro atoms. The number of thiazole rings is 1. The first-order valence-electron chi connectivity index (χ1n) is 10.1. The minimum atomic E-state index is -0.457. The number of nitro benzene ring substituents is 1. The molecule has 0 saturated heterocycles. The molecule has 4 aromatic rings. The Hall–Kier alpha value is -3.39. The highest BCUT2D eigenvalue weighted by molar-refractivity contribution is 7.15. The van der Waals surface area contributed by atoms with Crippen LogP contribution in [0.2, 0.25) is 0 Å². The number of benzene rings is 2. The molecule has 7 nitrogen and oxygen atoms in total. The minimum absolute atomic E-state index is 0.0174.